The zero-order valence-corrected chi connectivity index (χ0v) is 18.4. The van der Waals surface area contributed by atoms with E-state index in [1.807, 2.05) is 32.0 Å². The Kier molecular flexibility index (Phi) is 5.85. The maximum absolute atomic E-state index is 14.4. The first-order valence-electron chi connectivity index (χ1n) is 9.50. The monoisotopic (exact) mass is 452 g/mol. The van der Waals surface area contributed by atoms with E-state index in [0.29, 0.717) is 10.7 Å². The van der Waals surface area contributed by atoms with Crippen molar-refractivity contribution in [1.29, 1.82) is 0 Å². The van der Waals surface area contributed by atoms with Gasteiger partial charge in [0.2, 0.25) is 0 Å². The van der Waals surface area contributed by atoms with Crippen molar-refractivity contribution in [2.75, 3.05) is 10.2 Å². The number of thioether (sulfide) groups is 1. The molecule has 1 heterocycles. The first-order valence-corrected chi connectivity index (χ1v) is 10.7. The van der Waals surface area contributed by atoms with Crippen LogP contribution in [0.2, 0.25) is 5.02 Å². The predicted octanol–water partition coefficient (Wildman–Crippen LogP) is 6.09. The summed E-state index contributed by atoms with van der Waals surface area (Å²) < 4.78 is 14.4. The molecule has 3 aromatic carbocycles. The Morgan fingerprint density at radius 2 is 1.65 bits per heavy atom. The van der Waals surface area contributed by atoms with E-state index < -0.39 is 17.6 Å². The summed E-state index contributed by atoms with van der Waals surface area (Å²) >= 11 is 7.10. The van der Waals surface area contributed by atoms with Crippen molar-refractivity contribution in [1.82, 2.24) is 0 Å². The summed E-state index contributed by atoms with van der Waals surface area (Å²) in [5, 5.41) is 3.68. The highest BCUT2D eigenvalue weighted by atomic mass is 35.5. The van der Waals surface area contributed by atoms with Crippen molar-refractivity contribution in [2.24, 2.45) is 0 Å². The highest BCUT2D eigenvalue weighted by molar-refractivity contribution is 8.04. The number of imide groups is 1. The van der Waals surface area contributed by atoms with E-state index in [9.17, 15) is 14.0 Å². The van der Waals surface area contributed by atoms with E-state index in [4.69, 9.17) is 11.6 Å². The fourth-order valence-electron chi connectivity index (χ4n) is 3.28. The van der Waals surface area contributed by atoms with Crippen LogP contribution >= 0.6 is 23.4 Å². The molecule has 0 atom stereocenters. The Labute approximate surface area is 188 Å². The lowest BCUT2D eigenvalue weighted by atomic mass is 10.1. The van der Waals surface area contributed by atoms with Gasteiger partial charge in [0.25, 0.3) is 11.8 Å². The topological polar surface area (TPSA) is 49.4 Å². The molecule has 1 aliphatic heterocycles. The third kappa shape index (κ3) is 4.22. The molecule has 0 radical (unpaired) electrons. The van der Waals surface area contributed by atoms with Gasteiger partial charge in [-0.3, -0.25) is 9.59 Å². The summed E-state index contributed by atoms with van der Waals surface area (Å²) in [6, 6.07) is 18.4. The Balaban J connectivity index is 1.78. The summed E-state index contributed by atoms with van der Waals surface area (Å²) in [6.45, 7) is 3.89. The van der Waals surface area contributed by atoms with Crippen molar-refractivity contribution < 1.29 is 14.0 Å². The molecule has 0 bridgehead atoms. The second kappa shape index (κ2) is 8.57. The molecule has 1 aliphatic rings. The molecule has 2 amide bonds. The van der Waals surface area contributed by atoms with E-state index in [2.05, 4.69) is 5.32 Å². The van der Waals surface area contributed by atoms with E-state index in [0.717, 1.165) is 32.7 Å². The molecule has 0 saturated heterocycles. The summed E-state index contributed by atoms with van der Waals surface area (Å²) in [5.74, 6) is -1.83. The van der Waals surface area contributed by atoms with Gasteiger partial charge in [-0.1, -0.05) is 53.2 Å². The van der Waals surface area contributed by atoms with Crippen LogP contribution in [-0.2, 0) is 9.59 Å². The van der Waals surface area contributed by atoms with Crippen LogP contribution in [0, 0.1) is 19.7 Å². The van der Waals surface area contributed by atoms with Gasteiger partial charge in [0.1, 0.15) is 16.4 Å². The highest BCUT2D eigenvalue weighted by Crippen LogP contribution is 2.39. The molecular weight excluding hydrogens is 435 g/mol. The number of halogens is 2. The first kappa shape index (κ1) is 21.2. The van der Waals surface area contributed by atoms with Gasteiger partial charge in [0.05, 0.1) is 5.69 Å². The zero-order valence-electron chi connectivity index (χ0n) is 16.8. The molecule has 0 aliphatic carbocycles. The molecule has 0 aromatic heterocycles. The molecule has 0 fully saturated rings. The molecule has 0 spiro atoms. The fraction of sp³-hybridized carbons (Fsp3) is 0.0833. The van der Waals surface area contributed by atoms with Crippen LogP contribution in [0.3, 0.4) is 0 Å². The standard InChI is InChI=1S/C24H18ClFN2O2S/c1-14-7-12-19(15(2)13-14)27-21-22(31-17-10-8-16(25)9-11-17)24(30)28(23(21)29)20-6-4-3-5-18(20)26/h3-13,27H,1-2H3. The molecule has 1 N–H and O–H groups in total. The number of para-hydroxylation sites is 1. The Morgan fingerprint density at radius 3 is 2.32 bits per heavy atom. The van der Waals surface area contributed by atoms with Gasteiger partial charge < -0.3 is 5.32 Å². The van der Waals surface area contributed by atoms with E-state index in [1.165, 1.54) is 18.2 Å². The van der Waals surface area contributed by atoms with Gasteiger partial charge in [-0.25, -0.2) is 9.29 Å². The largest absolute Gasteiger partial charge is 0.350 e. The summed E-state index contributed by atoms with van der Waals surface area (Å²) in [5.41, 5.74) is 2.73. The summed E-state index contributed by atoms with van der Waals surface area (Å²) in [4.78, 5) is 28.4. The molecule has 4 nitrogen and oxygen atoms in total. The van der Waals surface area contributed by atoms with Gasteiger partial charge in [-0.2, -0.15) is 0 Å². The van der Waals surface area contributed by atoms with Crippen LogP contribution in [0.25, 0.3) is 0 Å². The molecule has 0 unspecified atom stereocenters. The number of hydrogen-bond donors (Lipinski definition) is 1. The van der Waals surface area contributed by atoms with Crippen molar-refractivity contribution in [3.05, 3.63) is 99.3 Å². The number of nitrogens with one attached hydrogen (secondary N) is 1. The third-order valence-electron chi connectivity index (χ3n) is 4.81. The molecule has 156 valence electrons. The average Bonchev–Trinajstić information content (AvgIpc) is 2.96. The highest BCUT2D eigenvalue weighted by Gasteiger charge is 2.41. The number of nitrogens with zero attached hydrogens (tertiary/aromatic N) is 1. The number of anilines is 2. The molecule has 7 heteroatoms. The Morgan fingerprint density at radius 1 is 0.935 bits per heavy atom. The molecule has 3 aromatic rings. The SMILES string of the molecule is Cc1ccc(NC2=C(Sc3ccc(Cl)cc3)C(=O)N(c3ccccc3F)C2=O)c(C)c1. The minimum absolute atomic E-state index is 0.0795. The summed E-state index contributed by atoms with van der Waals surface area (Å²) in [6.07, 6.45) is 0. The average molecular weight is 453 g/mol. The van der Waals surface area contributed by atoms with E-state index >= 15 is 0 Å². The van der Waals surface area contributed by atoms with Crippen molar-refractivity contribution in [3.8, 4) is 0 Å². The van der Waals surface area contributed by atoms with Crippen molar-refractivity contribution in [3.63, 3.8) is 0 Å². The zero-order chi connectivity index (χ0) is 22.1. The van der Waals surface area contributed by atoms with Crippen LogP contribution in [0.5, 0.6) is 0 Å². The quantitative estimate of drug-likeness (QED) is 0.476. The maximum Gasteiger partial charge on any atom is 0.283 e. The van der Waals surface area contributed by atoms with Crippen molar-refractivity contribution in [2.45, 2.75) is 18.7 Å². The lowest BCUT2D eigenvalue weighted by Gasteiger charge is -2.16. The minimum atomic E-state index is -0.646. The normalized spacial score (nSPS) is 13.9. The first-order chi connectivity index (χ1) is 14.8. The fourth-order valence-corrected chi connectivity index (χ4v) is 4.33. The van der Waals surface area contributed by atoms with Crippen LogP contribution in [0.1, 0.15) is 11.1 Å². The van der Waals surface area contributed by atoms with E-state index in [-0.39, 0.29) is 16.3 Å². The molecule has 31 heavy (non-hydrogen) atoms. The van der Waals surface area contributed by atoms with Gasteiger partial charge in [0, 0.05) is 15.6 Å². The number of carbonyl (C=O) groups is 2. The smallest absolute Gasteiger partial charge is 0.283 e. The predicted molar refractivity (Wildman–Crippen MR) is 123 cm³/mol. The van der Waals surface area contributed by atoms with Gasteiger partial charge in [-0.15, -0.1) is 0 Å². The van der Waals surface area contributed by atoms with Gasteiger partial charge >= 0.3 is 0 Å². The van der Waals surface area contributed by atoms with E-state index in [1.54, 1.807) is 30.3 Å². The van der Waals surface area contributed by atoms with Gasteiger partial charge in [-0.05, 0) is 61.9 Å². The lowest BCUT2D eigenvalue weighted by molar-refractivity contribution is -0.120. The second-order valence-corrected chi connectivity index (χ2v) is 8.62. The third-order valence-corrected chi connectivity index (χ3v) is 6.15. The Hall–Kier alpha value is -3.09. The molecule has 4 rings (SSSR count). The number of amides is 2. The number of aryl methyl sites for hydroxylation is 2. The summed E-state index contributed by atoms with van der Waals surface area (Å²) in [7, 11) is 0. The van der Waals surface area contributed by atoms with Gasteiger partial charge in [0.15, 0.2) is 0 Å². The second-order valence-electron chi connectivity index (χ2n) is 7.10. The van der Waals surface area contributed by atoms with Crippen LogP contribution in [-0.4, -0.2) is 11.8 Å². The Bertz CT molecular complexity index is 1220. The number of rotatable bonds is 5. The minimum Gasteiger partial charge on any atom is -0.350 e. The maximum atomic E-state index is 14.4. The lowest BCUT2D eigenvalue weighted by Crippen LogP contribution is -2.33. The van der Waals surface area contributed by atoms with Crippen LogP contribution in [0.15, 0.2) is 82.2 Å². The molecular formula is C24H18ClFN2O2S. The van der Waals surface area contributed by atoms with Crippen LogP contribution < -0.4 is 10.2 Å². The van der Waals surface area contributed by atoms with Crippen LogP contribution in [0.4, 0.5) is 15.8 Å². The number of benzene rings is 3. The number of carbonyl (C=O) groups excluding carboxylic acids is 2. The molecule has 0 saturated carbocycles. The van der Waals surface area contributed by atoms with Crippen molar-refractivity contribution >= 4 is 46.6 Å². The number of hydrogen-bond acceptors (Lipinski definition) is 4.